The molecule has 0 spiro atoms. The van der Waals surface area contributed by atoms with Gasteiger partial charge in [-0.1, -0.05) is 24.9 Å². The molecule has 2 aromatic heterocycles. The first-order valence-corrected chi connectivity index (χ1v) is 8.95. The highest BCUT2D eigenvalue weighted by Gasteiger charge is 2.25. The predicted octanol–water partition coefficient (Wildman–Crippen LogP) is 1.66. The van der Waals surface area contributed by atoms with Crippen molar-refractivity contribution in [3.63, 3.8) is 0 Å². The molecule has 0 aromatic carbocycles. The molecule has 0 bridgehead atoms. The molecule has 0 unspecified atom stereocenters. The standard InChI is InChI=1S/C11H15FN4Si/c1-8-11(17(2,3)4)14-15-16(8)9-6-5-7-13-10(9)12/h5-7H,1-4H3. The van der Waals surface area contributed by atoms with E-state index >= 15 is 0 Å². The molecule has 6 heteroatoms. The van der Waals surface area contributed by atoms with Gasteiger partial charge in [0.25, 0.3) is 0 Å². The Bertz CT molecular complexity index is 545. The van der Waals surface area contributed by atoms with Crippen molar-refractivity contribution in [3.05, 3.63) is 30.0 Å². The minimum Gasteiger partial charge on any atom is -0.226 e. The van der Waals surface area contributed by atoms with E-state index in [4.69, 9.17) is 0 Å². The fourth-order valence-electron chi connectivity index (χ4n) is 1.79. The molecule has 0 saturated heterocycles. The van der Waals surface area contributed by atoms with E-state index in [1.165, 1.54) is 10.9 Å². The SMILES string of the molecule is Cc1c([Si](C)(C)C)nnn1-c1cccnc1F. The van der Waals surface area contributed by atoms with Crippen molar-refractivity contribution < 1.29 is 4.39 Å². The van der Waals surface area contributed by atoms with Crippen molar-refractivity contribution in [2.24, 2.45) is 0 Å². The van der Waals surface area contributed by atoms with Crippen LogP contribution in [0.1, 0.15) is 5.69 Å². The molecule has 90 valence electrons. The lowest BCUT2D eigenvalue weighted by Gasteiger charge is -2.13. The minimum atomic E-state index is -1.54. The van der Waals surface area contributed by atoms with Crippen molar-refractivity contribution in [2.75, 3.05) is 0 Å². The largest absolute Gasteiger partial charge is 0.238 e. The smallest absolute Gasteiger partial charge is 0.226 e. The molecule has 0 N–H and O–H groups in total. The summed E-state index contributed by atoms with van der Waals surface area (Å²) in [5.74, 6) is -0.525. The summed E-state index contributed by atoms with van der Waals surface area (Å²) in [4.78, 5) is 3.62. The molecule has 0 aliphatic rings. The van der Waals surface area contributed by atoms with E-state index in [2.05, 4.69) is 34.9 Å². The first kappa shape index (κ1) is 11.9. The first-order valence-electron chi connectivity index (χ1n) is 5.45. The van der Waals surface area contributed by atoms with Crippen LogP contribution in [0, 0.1) is 12.9 Å². The summed E-state index contributed by atoms with van der Waals surface area (Å²) in [5, 5.41) is 9.22. The van der Waals surface area contributed by atoms with Crippen LogP contribution in [0.3, 0.4) is 0 Å². The lowest BCUT2D eigenvalue weighted by molar-refractivity contribution is 0.564. The van der Waals surface area contributed by atoms with Crippen LogP contribution in [0.4, 0.5) is 4.39 Å². The fraction of sp³-hybridized carbons (Fsp3) is 0.364. The number of aromatic nitrogens is 4. The van der Waals surface area contributed by atoms with Crippen LogP contribution in [0.15, 0.2) is 18.3 Å². The van der Waals surface area contributed by atoms with Crippen LogP contribution in [-0.2, 0) is 0 Å². The highest BCUT2D eigenvalue weighted by atomic mass is 28.3. The summed E-state index contributed by atoms with van der Waals surface area (Å²) < 4.78 is 15.1. The number of nitrogens with zero attached hydrogens (tertiary/aromatic N) is 4. The second-order valence-corrected chi connectivity index (χ2v) is 9.97. The highest BCUT2D eigenvalue weighted by Crippen LogP contribution is 2.12. The van der Waals surface area contributed by atoms with Gasteiger partial charge in [-0.05, 0) is 19.1 Å². The second kappa shape index (κ2) is 4.03. The molecular formula is C11H15FN4Si. The number of rotatable bonds is 2. The minimum absolute atomic E-state index is 0.349. The number of pyridine rings is 1. The maximum atomic E-state index is 13.6. The Morgan fingerprint density at radius 3 is 2.53 bits per heavy atom. The van der Waals surface area contributed by atoms with Gasteiger partial charge < -0.3 is 0 Å². The summed E-state index contributed by atoms with van der Waals surface area (Å²) in [6, 6.07) is 3.34. The molecule has 0 radical (unpaired) electrons. The van der Waals surface area contributed by atoms with E-state index in [-0.39, 0.29) is 0 Å². The first-order chi connectivity index (χ1) is 7.91. The highest BCUT2D eigenvalue weighted by molar-refractivity contribution is 6.88. The Balaban J connectivity index is 2.56. The van der Waals surface area contributed by atoms with E-state index in [1.807, 2.05) is 6.92 Å². The van der Waals surface area contributed by atoms with Crippen molar-refractivity contribution in [1.29, 1.82) is 0 Å². The second-order valence-electron chi connectivity index (χ2n) is 5.00. The van der Waals surface area contributed by atoms with Gasteiger partial charge in [-0.2, -0.15) is 4.39 Å². The zero-order valence-corrected chi connectivity index (χ0v) is 11.4. The van der Waals surface area contributed by atoms with E-state index in [0.29, 0.717) is 5.69 Å². The van der Waals surface area contributed by atoms with Crippen LogP contribution in [0.25, 0.3) is 5.69 Å². The number of halogens is 1. The summed E-state index contributed by atoms with van der Waals surface area (Å²) in [7, 11) is -1.54. The fourth-order valence-corrected chi connectivity index (χ4v) is 3.32. The molecule has 2 aromatic rings. The zero-order chi connectivity index (χ0) is 12.6. The molecule has 0 aliphatic heterocycles. The average molecular weight is 250 g/mol. The Labute approximate surface area is 101 Å². The Hall–Kier alpha value is -1.56. The van der Waals surface area contributed by atoms with Gasteiger partial charge in [0.05, 0.1) is 11.0 Å². The number of hydrogen-bond acceptors (Lipinski definition) is 3. The molecule has 17 heavy (non-hydrogen) atoms. The quantitative estimate of drug-likeness (QED) is 0.601. The van der Waals surface area contributed by atoms with Crippen molar-refractivity contribution in [1.82, 2.24) is 20.0 Å². The molecule has 2 rings (SSSR count). The third-order valence-corrected chi connectivity index (χ3v) is 4.46. The van der Waals surface area contributed by atoms with Crippen LogP contribution in [-0.4, -0.2) is 28.1 Å². The molecular weight excluding hydrogens is 235 g/mol. The third-order valence-electron chi connectivity index (χ3n) is 2.57. The molecule has 0 saturated carbocycles. The number of hydrogen-bond donors (Lipinski definition) is 0. The van der Waals surface area contributed by atoms with Gasteiger partial charge in [-0.25, -0.2) is 9.67 Å². The van der Waals surface area contributed by atoms with E-state index < -0.39 is 14.0 Å². The maximum absolute atomic E-state index is 13.6. The van der Waals surface area contributed by atoms with E-state index in [1.54, 1.807) is 12.1 Å². The van der Waals surface area contributed by atoms with Gasteiger partial charge in [0, 0.05) is 6.20 Å². The van der Waals surface area contributed by atoms with Crippen LogP contribution in [0.5, 0.6) is 0 Å². The normalized spacial score (nSPS) is 11.8. The van der Waals surface area contributed by atoms with Crippen LogP contribution in [0.2, 0.25) is 19.6 Å². The molecule has 0 fully saturated rings. The van der Waals surface area contributed by atoms with Crippen molar-refractivity contribution in [2.45, 2.75) is 26.6 Å². The summed E-state index contributed by atoms with van der Waals surface area (Å²) in [6.07, 6.45) is 1.42. The summed E-state index contributed by atoms with van der Waals surface area (Å²) in [6.45, 7) is 8.48. The lowest BCUT2D eigenvalue weighted by Crippen LogP contribution is -2.40. The maximum Gasteiger partial charge on any atom is 0.238 e. The summed E-state index contributed by atoms with van der Waals surface area (Å²) in [5.41, 5.74) is 1.25. The van der Waals surface area contributed by atoms with Gasteiger partial charge in [0.1, 0.15) is 13.8 Å². The Kier molecular flexibility index (Phi) is 2.82. The topological polar surface area (TPSA) is 43.6 Å². The van der Waals surface area contributed by atoms with Gasteiger partial charge >= 0.3 is 0 Å². The average Bonchev–Trinajstić information content (AvgIpc) is 2.60. The molecule has 4 nitrogen and oxygen atoms in total. The molecule has 0 amide bonds. The molecule has 2 heterocycles. The van der Waals surface area contributed by atoms with Gasteiger partial charge in [-0.15, -0.1) is 5.10 Å². The summed E-state index contributed by atoms with van der Waals surface area (Å²) >= 11 is 0. The predicted molar refractivity (Wildman–Crippen MR) is 66.8 cm³/mol. The third kappa shape index (κ3) is 2.12. The monoisotopic (exact) mass is 250 g/mol. The van der Waals surface area contributed by atoms with E-state index in [0.717, 1.165) is 11.0 Å². The molecule has 0 atom stereocenters. The molecule has 0 aliphatic carbocycles. The zero-order valence-electron chi connectivity index (χ0n) is 10.4. The lowest BCUT2D eigenvalue weighted by atomic mass is 10.4. The van der Waals surface area contributed by atoms with Crippen molar-refractivity contribution in [3.8, 4) is 5.69 Å². The van der Waals surface area contributed by atoms with Gasteiger partial charge in [0.2, 0.25) is 5.95 Å². The Morgan fingerprint density at radius 1 is 1.29 bits per heavy atom. The van der Waals surface area contributed by atoms with Gasteiger partial charge in [0.15, 0.2) is 0 Å². The van der Waals surface area contributed by atoms with Crippen LogP contribution < -0.4 is 5.32 Å². The van der Waals surface area contributed by atoms with Crippen molar-refractivity contribution >= 4 is 13.4 Å². The van der Waals surface area contributed by atoms with Crippen LogP contribution >= 0.6 is 0 Å². The van der Waals surface area contributed by atoms with E-state index in [9.17, 15) is 4.39 Å². The van der Waals surface area contributed by atoms with Gasteiger partial charge in [-0.3, -0.25) is 0 Å². The Morgan fingerprint density at radius 2 is 2.00 bits per heavy atom.